The van der Waals surface area contributed by atoms with Gasteiger partial charge in [-0.2, -0.15) is 0 Å². The number of aliphatic imine (C=N–C) groups is 1. The summed E-state index contributed by atoms with van der Waals surface area (Å²) >= 11 is 6.17. The molecule has 3 aromatic carbocycles. The van der Waals surface area contributed by atoms with E-state index in [0.717, 1.165) is 22.2 Å². The molecule has 2 aromatic heterocycles. The molecule has 6 rings (SSSR count). The molecule has 228 valence electrons. The van der Waals surface area contributed by atoms with Crippen molar-refractivity contribution < 1.29 is 24.4 Å². The number of carbonyl (C=O) groups is 2. The normalized spacial score (nSPS) is 13.8. The third-order valence-electron chi connectivity index (χ3n) is 7.55. The van der Waals surface area contributed by atoms with Gasteiger partial charge < -0.3 is 30.4 Å². The van der Waals surface area contributed by atoms with Crippen LogP contribution in [-0.2, 0) is 4.79 Å². The van der Waals surface area contributed by atoms with Crippen molar-refractivity contribution in [3.05, 3.63) is 100 Å². The van der Waals surface area contributed by atoms with E-state index >= 15 is 0 Å². The van der Waals surface area contributed by atoms with E-state index in [-0.39, 0.29) is 31.3 Å². The number of aryl methyl sites for hydroxylation is 1. The fraction of sp³-hybridized carbons (Fsp3) is 0.194. The Labute approximate surface area is 263 Å². The maximum Gasteiger partial charge on any atom is 0.488 e. The number of H-pyrrole nitrogens is 1. The monoisotopic (exact) mass is 625 g/mol. The Morgan fingerprint density at radius 3 is 2.56 bits per heavy atom. The van der Waals surface area contributed by atoms with Gasteiger partial charge in [0.25, 0.3) is 5.91 Å². The molecule has 0 radical (unpaired) electrons. The number of fused-ring (bicyclic) bond motifs is 4. The largest absolute Gasteiger partial charge is 0.497 e. The summed E-state index contributed by atoms with van der Waals surface area (Å²) in [7, 11) is -0.00639. The molecular formula is C31H29BClN7O5. The highest BCUT2D eigenvalue weighted by atomic mass is 35.5. The van der Waals surface area contributed by atoms with Crippen molar-refractivity contribution in [3.8, 4) is 11.4 Å². The van der Waals surface area contributed by atoms with Crippen LogP contribution < -0.4 is 20.8 Å². The summed E-state index contributed by atoms with van der Waals surface area (Å²) in [5, 5.41) is 34.5. The van der Waals surface area contributed by atoms with E-state index in [2.05, 4.69) is 25.8 Å². The zero-order chi connectivity index (χ0) is 31.7. The third-order valence-corrected chi connectivity index (χ3v) is 7.80. The summed E-state index contributed by atoms with van der Waals surface area (Å²) < 4.78 is 7.42. The quantitative estimate of drug-likeness (QED) is 0.124. The lowest BCUT2D eigenvalue weighted by Gasteiger charge is -2.14. The lowest BCUT2D eigenvalue weighted by Crippen LogP contribution is -2.35. The van der Waals surface area contributed by atoms with Crippen LogP contribution in [0.2, 0.25) is 5.02 Å². The number of carbonyl (C=O) groups excluding carboxylic acids is 2. The zero-order valence-electron chi connectivity index (χ0n) is 24.4. The molecule has 45 heavy (non-hydrogen) atoms. The van der Waals surface area contributed by atoms with Crippen LogP contribution in [0.1, 0.15) is 45.7 Å². The smallest absolute Gasteiger partial charge is 0.488 e. The SMILES string of the molecule is COc1ccc2c(c1)C(c1ccc(Cl)cc1)=NC(CC(=O)NCCNC(=O)c1cc3ccc(B(O)O)cc3[nH]1)c1nnc(C)n1-2. The van der Waals surface area contributed by atoms with Crippen LogP contribution in [0.25, 0.3) is 16.6 Å². The van der Waals surface area contributed by atoms with Gasteiger partial charge in [0.15, 0.2) is 5.82 Å². The van der Waals surface area contributed by atoms with Crippen molar-refractivity contribution in [2.24, 2.45) is 4.99 Å². The number of aromatic amines is 1. The summed E-state index contributed by atoms with van der Waals surface area (Å²) in [6.07, 6.45) is -0.00461. The van der Waals surface area contributed by atoms with Crippen LogP contribution in [0.5, 0.6) is 5.75 Å². The van der Waals surface area contributed by atoms with Crippen LogP contribution in [-0.4, -0.2) is 74.6 Å². The fourth-order valence-corrected chi connectivity index (χ4v) is 5.45. The highest BCUT2D eigenvalue weighted by Crippen LogP contribution is 2.34. The Morgan fingerprint density at radius 1 is 1.02 bits per heavy atom. The first-order valence-electron chi connectivity index (χ1n) is 14.2. The van der Waals surface area contributed by atoms with Crippen LogP contribution in [0, 0.1) is 6.92 Å². The van der Waals surface area contributed by atoms with Gasteiger partial charge in [0.2, 0.25) is 5.91 Å². The molecule has 0 saturated carbocycles. The van der Waals surface area contributed by atoms with Crippen LogP contribution in [0.4, 0.5) is 0 Å². The average molecular weight is 626 g/mol. The maximum atomic E-state index is 13.2. The third kappa shape index (κ3) is 6.18. The lowest BCUT2D eigenvalue weighted by molar-refractivity contribution is -0.121. The molecule has 1 atom stereocenters. The molecule has 0 spiro atoms. The zero-order valence-corrected chi connectivity index (χ0v) is 25.2. The number of hydrogen-bond acceptors (Lipinski definition) is 8. The Hall–Kier alpha value is -4.98. The number of hydrogen-bond donors (Lipinski definition) is 5. The van der Waals surface area contributed by atoms with Gasteiger partial charge in [0.05, 0.1) is 24.9 Å². The minimum absolute atomic E-state index is 0.00461. The second-order valence-electron chi connectivity index (χ2n) is 10.5. The van der Waals surface area contributed by atoms with Gasteiger partial charge >= 0.3 is 7.12 Å². The highest BCUT2D eigenvalue weighted by Gasteiger charge is 2.30. The predicted octanol–water partition coefficient (Wildman–Crippen LogP) is 2.23. The van der Waals surface area contributed by atoms with Crippen LogP contribution >= 0.6 is 11.6 Å². The van der Waals surface area contributed by atoms with Gasteiger partial charge in [0, 0.05) is 40.1 Å². The maximum absolute atomic E-state index is 13.2. The van der Waals surface area contributed by atoms with Crippen molar-refractivity contribution in [1.29, 1.82) is 0 Å². The molecule has 1 unspecified atom stereocenters. The van der Waals surface area contributed by atoms with Gasteiger partial charge in [-0.1, -0.05) is 35.9 Å². The number of amides is 2. The van der Waals surface area contributed by atoms with E-state index in [9.17, 15) is 19.6 Å². The second kappa shape index (κ2) is 12.6. The second-order valence-corrected chi connectivity index (χ2v) is 11.0. The first-order valence-corrected chi connectivity index (χ1v) is 14.6. The van der Waals surface area contributed by atoms with E-state index in [1.165, 1.54) is 0 Å². The van der Waals surface area contributed by atoms with Crippen molar-refractivity contribution >= 4 is 52.6 Å². The Morgan fingerprint density at radius 2 is 1.80 bits per heavy atom. The molecule has 5 aromatic rings. The van der Waals surface area contributed by atoms with Gasteiger partial charge in [-0.05, 0) is 54.9 Å². The first kappa shape index (κ1) is 30.1. The minimum atomic E-state index is -1.61. The molecule has 2 amide bonds. The molecule has 3 heterocycles. The van der Waals surface area contributed by atoms with Gasteiger partial charge in [-0.25, -0.2) is 0 Å². The molecule has 0 saturated heterocycles. The van der Waals surface area contributed by atoms with Crippen molar-refractivity contribution in [2.45, 2.75) is 19.4 Å². The number of rotatable bonds is 9. The highest BCUT2D eigenvalue weighted by molar-refractivity contribution is 6.58. The van der Waals surface area contributed by atoms with E-state index < -0.39 is 13.2 Å². The summed E-state index contributed by atoms with van der Waals surface area (Å²) in [6, 6.07) is 18.9. The number of ether oxygens (including phenoxy) is 1. The topological polar surface area (TPSA) is 167 Å². The summed E-state index contributed by atoms with van der Waals surface area (Å²) in [5.74, 6) is 1.20. The molecule has 0 bridgehead atoms. The van der Waals surface area contributed by atoms with E-state index in [1.54, 1.807) is 43.5 Å². The number of nitrogens with one attached hydrogen (secondary N) is 3. The summed E-state index contributed by atoms with van der Waals surface area (Å²) in [5.41, 5.74) is 4.32. The Kier molecular flexibility index (Phi) is 8.39. The molecule has 5 N–H and O–H groups in total. The summed E-state index contributed by atoms with van der Waals surface area (Å²) in [6.45, 7) is 2.22. The van der Waals surface area contributed by atoms with Crippen LogP contribution in [0.15, 0.2) is 71.7 Å². The fourth-order valence-electron chi connectivity index (χ4n) is 5.33. The average Bonchev–Trinajstić information content (AvgIpc) is 3.61. The molecule has 0 fully saturated rings. The van der Waals surface area contributed by atoms with E-state index in [4.69, 9.17) is 21.3 Å². The number of benzene rings is 3. The van der Waals surface area contributed by atoms with Gasteiger partial charge in [0.1, 0.15) is 23.3 Å². The van der Waals surface area contributed by atoms with Crippen molar-refractivity contribution in [2.75, 3.05) is 20.2 Å². The predicted molar refractivity (Wildman–Crippen MR) is 171 cm³/mol. The molecule has 12 nitrogen and oxygen atoms in total. The standard InChI is InChI=1S/C31H29BClN7O5/c1-17-38-39-30-25(37-29(18-4-7-21(33)8-5-18)23-15-22(45-2)9-10-27(23)40(17)30)16-28(41)34-11-12-35-31(42)26-13-19-3-6-20(32(43)44)14-24(19)36-26/h3-10,13-15,25,36,43-44H,11-12,16H2,1-2H3,(H,34,41)(H,35,42). The first-order chi connectivity index (χ1) is 21.7. The minimum Gasteiger partial charge on any atom is -0.497 e. The number of methoxy groups -OCH3 is 1. The molecule has 14 heteroatoms. The summed E-state index contributed by atoms with van der Waals surface area (Å²) in [4.78, 5) is 33.9. The van der Waals surface area contributed by atoms with Gasteiger partial charge in [-0.3, -0.25) is 19.1 Å². The number of halogens is 1. The van der Waals surface area contributed by atoms with E-state index in [0.29, 0.717) is 44.8 Å². The van der Waals surface area contributed by atoms with E-state index in [1.807, 2.05) is 41.8 Å². The molecule has 0 aliphatic carbocycles. The van der Waals surface area contributed by atoms with Crippen molar-refractivity contribution in [3.63, 3.8) is 0 Å². The Balaban J connectivity index is 1.17. The molecular weight excluding hydrogens is 597 g/mol. The Bertz CT molecular complexity index is 1940. The number of nitrogens with zero attached hydrogens (tertiary/aromatic N) is 4. The van der Waals surface area contributed by atoms with Crippen LogP contribution in [0.3, 0.4) is 0 Å². The van der Waals surface area contributed by atoms with Gasteiger partial charge in [-0.15, -0.1) is 10.2 Å². The lowest BCUT2D eigenvalue weighted by atomic mass is 9.80. The molecule has 1 aliphatic rings. The molecule has 1 aliphatic heterocycles. The number of aromatic nitrogens is 4. The van der Waals surface area contributed by atoms with Crippen molar-refractivity contribution in [1.82, 2.24) is 30.4 Å².